The summed E-state index contributed by atoms with van der Waals surface area (Å²) >= 11 is 6.01. The van der Waals surface area contributed by atoms with E-state index in [1.54, 1.807) is 6.07 Å². The van der Waals surface area contributed by atoms with Crippen molar-refractivity contribution in [1.82, 2.24) is 0 Å². The third-order valence-corrected chi connectivity index (χ3v) is 2.68. The lowest BCUT2D eigenvalue weighted by atomic mass is 10.2. The van der Waals surface area contributed by atoms with Crippen LogP contribution in [0.5, 0.6) is 5.75 Å². The molecule has 1 rings (SSSR count). The van der Waals surface area contributed by atoms with E-state index in [-0.39, 0.29) is 5.97 Å². The van der Waals surface area contributed by atoms with Gasteiger partial charge in [-0.3, -0.25) is 0 Å². The van der Waals surface area contributed by atoms with Gasteiger partial charge in [0.1, 0.15) is 5.75 Å². The minimum atomic E-state index is -0.593. The molecule has 4 heteroatoms. The summed E-state index contributed by atoms with van der Waals surface area (Å²) in [6, 6.07) is 5.46. The molecule has 1 aromatic carbocycles. The van der Waals surface area contributed by atoms with Crippen LogP contribution in [-0.4, -0.2) is 19.2 Å². The van der Waals surface area contributed by atoms with Crippen LogP contribution in [-0.2, 0) is 9.53 Å². The van der Waals surface area contributed by atoms with Gasteiger partial charge in [0.2, 0.25) is 0 Å². The number of aryl methyl sites for hydroxylation is 1. The molecule has 0 N–H and O–H groups in total. The van der Waals surface area contributed by atoms with E-state index < -0.39 is 6.10 Å². The molecule has 0 aromatic heterocycles. The van der Waals surface area contributed by atoms with Gasteiger partial charge < -0.3 is 9.47 Å². The first-order chi connectivity index (χ1) is 8.08. The summed E-state index contributed by atoms with van der Waals surface area (Å²) in [6.45, 7) is 3.92. The SMILES string of the molecule is CCC[C@@H](Oc1cc(C)ccc1Cl)C(=O)OC. The monoisotopic (exact) mass is 256 g/mol. The van der Waals surface area contributed by atoms with E-state index in [4.69, 9.17) is 21.1 Å². The Bertz CT molecular complexity index is 390. The Kier molecular flexibility index (Phi) is 5.29. The van der Waals surface area contributed by atoms with Gasteiger partial charge in [0, 0.05) is 0 Å². The molecule has 17 heavy (non-hydrogen) atoms. The second kappa shape index (κ2) is 6.50. The second-order valence-electron chi connectivity index (χ2n) is 3.85. The Labute approximate surface area is 107 Å². The molecule has 94 valence electrons. The van der Waals surface area contributed by atoms with Crippen molar-refractivity contribution in [1.29, 1.82) is 0 Å². The molecule has 0 aliphatic heterocycles. The molecule has 0 aliphatic carbocycles. The first kappa shape index (κ1) is 13.8. The topological polar surface area (TPSA) is 35.5 Å². The molecule has 1 atom stereocenters. The van der Waals surface area contributed by atoms with Gasteiger partial charge in [0.15, 0.2) is 6.10 Å². The van der Waals surface area contributed by atoms with E-state index >= 15 is 0 Å². The van der Waals surface area contributed by atoms with Crippen LogP contribution in [0.3, 0.4) is 0 Å². The molecule has 0 amide bonds. The van der Waals surface area contributed by atoms with E-state index in [0.29, 0.717) is 17.2 Å². The van der Waals surface area contributed by atoms with Crippen LogP contribution in [0.4, 0.5) is 0 Å². The normalized spacial score (nSPS) is 12.0. The fourth-order valence-corrected chi connectivity index (χ4v) is 1.63. The standard InChI is InChI=1S/C13H17ClO3/c1-4-5-11(13(15)16-3)17-12-8-9(2)6-7-10(12)14/h6-8,11H,4-5H2,1-3H3/t11-/m1/s1. The molecule has 0 fully saturated rings. The molecular weight excluding hydrogens is 240 g/mol. The largest absolute Gasteiger partial charge is 0.477 e. The lowest BCUT2D eigenvalue weighted by molar-refractivity contribution is -0.149. The maximum Gasteiger partial charge on any atom is 0.347 e. The summed E-state index contributed by atoms with van der Waals surface area (Å²) in [5.74, 6) is 0.153. The fourth-order valence-electron chi connectivity index (χ4n) is 1.47. The van der Waals surface area contributed by atoms with E-state index in [1.807, 2.05) is 26.0 Å². The summed E-state index contributed by atoms with van der Waals surface area (Å²) in [6.07, 6.45) is 0.851. The molecule has 0 aliphatic rings. The number of methoxy groups -OCH3 is 1. The molecule has 0 radical (unpaired) electrons. The van der Waals surface area contributed by atoms with E-state index in [1.165, 1.54) is 7.11 Å². The van der Waals surface area contributed by atoms with Crippen molar-refractivity contribution in [2.24, 2.45) is 0 Å². The van der Waals surface area contributed by atoms with Gasteiger partial charge in [-0.05, 0) is 31.0 Å². The molecule has 0 bridgehead atoms. The quantitative estimate of drug-likeness (QED) is 0.758. The lowest BCUT2D eigenvalue weighted by Crippen LogP contribution is -2.28. The number of hydrogen-bond acceptors (Lipinski definition) is 3. The number of carbonyl (C=O) groups excluding carboxylic acids is 1. The van der Waals surface area contributed by atoms with Crippen molar-refractivity contribution in [3.05, 3.63) is 28.8 Å². The Hall–Kier alpha value is -1.22. The van der Waals surface area contributed by atoms with Gasteiger partial charge in [-0.1, -0.05) is 31.0 Å². The molecule has 0 unspecified atom stereocenters. The van der Waals surface area contributed by atoms with Gasteiger partial charge in [-0.15, -0.1) is 0 Å². The van der Waals surface area contributed by atoms with Crippen molar-refractivity contribution >= 4 is 17.6 Å². The highest BCUT2D eigenvalue weighted by atomic mass is 35.5. The number of rotatable bonds is 5. The zero-order chi connectivity index (χ0) is 12.8. The third kappa shape index (κ3) is 3.93. The molecule has 1 aromatic rings. The Morgan fingerprint density at radius 2 is 2.18 bits per heavy atom. The zero-order valence-electron chi connectivity index (χ0n) is 10.3. The average molecular weight is 257 g/mol. The van der Waals surface area contributed by atoms with E-state index in [0.717, 1.165) is 12.0 Å². The molecule has 3 nitrogen and oxygen atoms in total. The van der Waals surface area contributed by atoms with Crippen LogP contribution >= 0.6 is 11.6 Å². The van der Waals surface area contributed by atoms with Crippen molar-refractivity contribution in [2.45, 2.75) is 32.8 Å². The van der Waals surface area contributed by atoms with Gasteiger partial charge in [0.05, 0.1) is 12.1 Å². The first-order valence-corrected chi connectivity index (χ1v) is 5.97. The van der Waals surface area contributed by atoms with Crippen LogP contribution in [0.25, 0.3) is 0 Å². The zero-order valence-corrected chi connectivity index (χ0v) is 11.1. The van der Waals surface area contributed by atoms with Crippen LogP contribution in [0.15, 0.2) is 18.2 Å². The average Bonchev–Trinajstić information content (AvgIpc) is 2.32. The first-order valence-electron chi connectivity index (χ1n) is 5.59. The highest BCUT2D eigenvalue weighted by molar-refractivity contribution is 6.32. The van der Waals surface area contributed by atoms with E-state index in [2.05, 4.69) is 0 Å². The predicted octanol–water partition coefficient (Wildman–Crippen LogP) is 3.37. The molecule has 0 spiro atoms. The number of benzene rings is 1. The molecule has 0 saturated heterocycles. The summed E-state index contributed by atoms with van der Waals surface area (Å²) in [7, 11) is 1.35. The number of hydrogen-bond donors (Lipinski definition) is 0. The van der Waals surface area contributed by atoms with Crippen LogP contribution < -0.4 is 4.74 Å². The molecule has 0 saturated carbocycles. The van der Waals surface area contributed by atoms with E-state index in [9.17, 15) is 4.79 Å². The maximum absolute atomic E-state index is 11.5. The number of halogens is 1. The third-order valence-electron chi connectivity index (χ3n) is 2.37. The van der Waals surface area contributed by atoms with Crippen LogP contribution in [0, 0.1) is 6.92 Å². The summed E-state index contributed by atoms with van der Waals surface area (Å²) in [4.78, 5) is 11.5. The number of ether oxygens (including phenoxy) is 2. The Morgan fingerprint density at radius 1 is 1.47 bits per heavy atom. The second-order valence-corrected chi connectivity index (χ2v) is 4.26. The van der Waals surface area contributed by atoms with Crippen molar-refractivity contribution in [3.8, 4) is 5.75 Å². The highest BCUT2D eigenvalue weighted by Crippen LogP contribution is 2.27. The van der Waals surface area contributed by atoms with Gasteiger partial charge in [-0.2, -0.15) is 0 Å². The smallest absolute Gasteiger partial charge is 0.347 e. The molecular formula is C13H17ClO3. The van der Waals surface area contributed by atoms with Crippen molar-refractivity contribution in [2.75, 3.05) is 7.11 Å². The van der Waals surface area contributed by atoms with Crippen LogP contribution in [0.1, 0.15) is 25.3 Å². The lowest BCUT2D eigenvalue weighted by Gasteiger charge is -2.17. The number of esters is 1. The Morgan fingerprint density at radius 3 is 2.76 bits per heavy atom. The maximum atomic E-state index is 11.5. The summed E-state index contributed by atoms with van der Waals surface area (Å²) < 4.78 is 10.3. The van der Waals surface area contributed by atoms with Gasteiger partial charge >= 0.3 is 5.97 Å². The Balaban J connectivity index is 2.85. The molecule has 0 heterocycles. The summed E-state index contributed by atoms with van der Waals surface area (Å²) in [5, 5.41) is 0.501. The number of carbonyl (C=O) groups is 1. The van der Waals surface area contributed by atoms with Crippen molar-refractivity contribution < 1.29 is 14.3 Å². The predicted molar refractivity (Wildman–Crippen MR) is 67.5 cm³/mol. The van der Waals surface area contributed by atoms with Crippen molar-refractivity contribution in [3.63, 3.8) is 0 Å². The highest BCUT2D eigenvalue weighted by Gasteiger charge is 2.21. The minimum Gasteiger partial charge on any atom is -0.477 e. The van der Waals surface area contributed by atoms with Crippen LogP contribution in [0.2, 0.25) is 5.02 Å². The minimum absolute atomic E-state index is 0.371. The van der Waals surface area contributed by atoms with Gasteiger partial charge in [-0.25, -0.2) is 4.79 Å². The fraction of sp³-hybridized carbons (Fsp3) is 0.462. The summed E-state index contributed by atoms with van der Waals surface area (Å²) in [5.41, 5.74) is 1.03. The van der Waals surface area contributed by atoms with Gasteiger partial charge in [0.25, 0.3) is 0 Å².